The lowest BCUT2D eigenvalue weighted by Crippen LogP contribution is -2.48. The van der Waals surface area contributed by atoms with Crippen LogP contribution < -0.4 is 5.32 Å². The van der Waals surface area contributed by atoms with E-state index in [0.717, 1.165) is 28.6 Å². The molecule has 1 unspecified atom stereocenters. The molecule has 0 aliphatic heterocycles. The SMILES string of the molecule is CCOC(=O)C(C)(CCCSc1nc(C)cs1)NC. The lowest BCUT2D eigenvalue weighted by Gasteiger charge is -2.26. The molecular weight excluding hydrogens is 280 g/mol. The number of esters is 1. The van der Waals surface area contributed by atoms with Gasteiger partial charge >= 0.3 is 5.97 Å². The molecule has 0 spiro atoms. The number of thiazole rings is 1. The lowest BCUT2D eigenvalue weighted by molar-refractivity contribution is -0.150. The Kier molecular flexibility index (Phi) is 6.82. The van der Waals surface area contributed by atoms with Crippen LogP contribution in [0.3, 0.4) is 0 Å². The molecule has 0 aliphatic rings. The number of carbonyl (C=O) groups excluding carboxylic acids is 1. The number of hydrogen-bond acceptors (Lipinski definition) is 6. The Morgan fingerprint density at radius 3 is 2.89 bits per heavy atom. The highest BCUT2D eigenvalue weighted by Crippen LogP contribution is 2.24. The van der Waals surface area contributed by atoms with E-state index in [-0.39, 0.29) is 5.97 Å². The molecule has 1 heterocycles. The molecule has 1 rings (SSSR count). The number of carbonyl (C=O) groups is 1. The van der Waals surface area contributed by atoms with Gasteiger partial charge in [0.1, 0.15) is 9.88 Å². The van der Waals surface area contributed by atoms with Crippen molar-refractivity contribution in [3.63, 3.8) is 0 Å². The summed E-state index contributed by atoms with van der Waals surface area (Å²) in [6, 6.07) is 0. The lowest BCUT2D eigenvalue weighted by atomic mass is 9.97. The minimum Gasteiger partial charge on any atom is -0.465 e. The van der Waals surface area contributed by atoms with E-state index in [2.05, 4.69) is 15.7 Å². The Balaban J connectivity index is 2.35. The van der Waals surface area contributed by atoms with Gasteiger partial charge in [-0.3, -0.25) is 4.79 Å². The summed E-state index contributed by atoms with van der Waals surface area (Å²) in [5.41, 5.74) is 0.481. The number of aryl methyl sites for hydroxylation is 1. The average molecular weight is 302 g/mol. The van der Waals surface area contributed by atoms with E-state index in [0.29, 0.717) is 6.61 Å². The van der Waals surface area contributed by atoms with Crippen molar-refractivity contribution >= 4 is 29.1 Å². The minimum atomic E-state index is -0.588. The maximum atomic E-state index is 11.9. The quantitative estimate of drug-likeness (QED) is 0.454. The highest BCUT2D eigenvalue weighted by Gasteiger charge is 2.32. The smallest absolute Gasteiger partial charge is 0.326 e. The zero-order valence-corrected chi connectivity index (χ0v) is 13.6. The molecule has 1 atom stereocenters. The number of likely N-dealkylation sites (N-methyl/N-ethyl adjacent to an activating group) is 1. The number of hydrogen-bond donors (Lipinski definition) is 1. The third kappa shape index (κ3) is 5.12. The van der Waals surface area contributed by atoms with Crippen molar-refractivity contribution in [2.24, 2.45) is 0 Å². The van der Waals surface area contributed by atoms with E-state index in [1.54, 1.807) is 30.1 Å². The minimum absolute atomic E-state index is 0.174. The van der Waals surface area contributed by atoms with E-state index in [4.69, 9.17) is 4.74 Å². The first-order chi connectivity index (χ1) is 9.01. The normalized spacial score (nSPS) is 14.1. The molecule has 1 aromatic rings. The van der Waals surface area contributed by atoms with E-state index in [9.17, 15) is 4.79 Å². The Morgan fingerprint density at radius 2 is 2.37 bits per heavy atom. The van der Waals surface area contributed by atoms with E-state index in [1.807, 2.05) is 20.8 Å². The van der Waals surface area contributed by atoms with Crippen molar-refractivity contribution < 1.29 is 9.53 Å². The molecule has 1 aromatic heterocycles. The molecule has 108 valence electrons. The highest BCUT2D eigenvalue weighted by atomic mass is 32.2. The number of rotatable bonds is 8. The molecule has 4 nitrogen and oxygen atoms in total. The summed E-state index contributed by atoms with van der Waals surface area (Å²) in [7, 11) is 1.80. The molecule has 0 saturated carbocycles. The zero-order chi connectivity index (χ0) is 14.3. The van der Waals surface area contributed by atoms with Crippen LogP contribution in [0.15, 0.2) is 9.72 Å². The molecule has 0 fully saturated rings. The molecule has 0 amide bonds. The molecule has 6 heteroatoms. The summed E-state index contributed by atoms with van der Waals surface area (Å²) in [5.74, 6) is 0.788. The third-order valence-corrected chi connectivity index (χ3v) is 5.15. The Hall–Kier alpha value is -0.590. The first kappa shape index (κ1) is 16.5. The predicted octanol–water partition coefficient (Wildman–Crippen LogP) is 2.87. The molecule has 19 heavy (non-hydrogen) atoms. The van der Waals surface area contributed by atoms with Gasteiger partial charge in [0.25, 0.3) is 0 Å². The summed E-state index contributed by atoms with van der Waals surface area (Å²) >= 11 is 3.42. The van der Waals surface area contributed by atoms with E-state index in [1.165, 1.54) is 0 Å². The van der Waals surface area contributed by atoms with Crippen molar-refractivity contribution in [2.45, 2.75) is 43.5 Å². The van der Waals surface area contributed by atoms with E-state index >= 15 is 0 Å². The predicted molar refractivity (Wildman–Crippen MR) is 80.9 cm³/mol. The summed E-state index contributed by atoms with van der Waals surface area (Å²) in [6.07, 6.45) is 1.71. The maximum absolute atomic E-state index is 11.9. The van der Waals surface area contributed by atoms with E-state index < -0.39 is 5.54 Å². The fourth-order valence-electron chi connectivity index (χ4n) is 1.60. The van der Waals surface area contributed by atoms with Gasteiger partial charge in [-0.1, -0.05) is 11.8 Å². The topological polar surface area (TPSA) is 51.2 Å². The molecule has 0 aliphatic carbocycles. The molecule has 0 saturated heterocycles. The third-order valence-electron chi connectivity index (χ3n) is 2.92. The first-order valence-electron chi connectivity index (χ1n) is 6.43. The van der Waals surface area contributed by atoms with Gasteiger partial charge in [-0.25, -0.2) is 4.98 Å². The number of nitrogens with zero attached hydrogens (tertiary/aromatic N) is 1. The van der Waals surface area contributed by atoms with Crippen LogP contribution in [0.2, 0.25) is 0 Å². The van der Waals surface area contributed by atoms with Crippen LogP contribution in [-0.4, -0.2) is 35.9 Å². The summed E-state index contributed by atoms with van der Waals surface area (Å²) < 4.78 is 6.20. The Morgan fingerprint density at radius 1 is 1.63 bits per heavy atom. The summed E-state index contributed by atoms with van der Waals surface area (Å²) in [5, 5.41) is 5.12. The maximum Gasteiger partial charge on any atom is 0.326 e. The van der Waals surface area contributed by atoms with Gasteiger partial charge in [0.15, 0.2) is 0 Å². The fraction of sp³-hybridized carbons (Fsp3) is 0.692. The van der Waals surface area contributed by atoms with Gasteiger partial charge < -0.3 is 10.1 Å². The largest absolute Gasteiger partial charge is 0.465 e. The second kappa shape index (κ2) is 7.87. The van der Waals surface area contributed by atoms with Gasteiger partial charge in [-0.05, 0) is 40.7 Å². The summed E-state index contributed by atoms with van der Waals surface area (Å²) in [4.78, 5) is 16.3. The van der Waals surface area contributed by atoms with Gasteiger partial charge in [0, 0.05) is 16.8 Å². The van der Waals surface area contributed by atoms with Crippen molar-refractivity contribution in [3.05, 3.63) is 11.1 Å². The highest BCUT2D eigenvalue weighted by molar-refractivity contribution is 8.00. The van der Waals surface area contributed by atoms with Crippen LogP contribution in [0, 0.1) is 6.92 Å². The van der Waals surface area contributed by atoms with Crippen LogP contribution in [0.5, 0.6) is 0 Å². The number of ether oxygens (including phenoxy) is 1. The van der Waals surface area contributed by atoms with Crippen LogP contribution in [0.4, 0.5) is 0 Å². The number of thioether (sulfide) groups is 1. The van der Waals surface area contributed by atoms with Crippen molar-refractivity contribution in [1.29, 1.82) is 0 Å². The van der Waals surface area contributed by atoms with Crippen molar-refractivity contribution in [3.8, 4) is 0 Å². The van der Waals surface area contributed by atoms with Crippen LogP contribution in [-0.2, 0) is 9.53 Å². The van der Waals surface area contributed by atoms with Crippen LogP contribution >= 0.6 is 23.1 Å². The van der Waals surface area contributed by atoms with Gasteiger partial charge in [-0.2, -0.15) is 0 Å². The first-order valence-corrected chi connectivity index (χ1v) is 8.29. The fourth-order valence-corrected chi connectivity index (χ4v) is 3.46. The molecular formula is C13H22N2O2S2. The molecule has 0 bridgehead atoms. The monoisotopic (exact) mass is 302 g/mol. The Bertz CT molecular complexity index is 409. The van der Waals surface area contributed by atoms with Gasteiger partial charge in [0.05, 0.1) is 6.61 Å². The van der Waals surface area contributed by atoms with Crippen molar-refractivity contribution in [2.75, 3.05) is 19.4 Å². The van der Waals surface area contributed by atoms with Gasteiger partial charge in [0.2, 0.25) is 0 Å². The standard InChI is InChI=1S/C13H22N2O2S2/c1-5-17-11(16)13(3,14-4)7-6-8-18-12-15-10(2)9-19-12/h9,14H,5-8H2,1-4H3. The van der Waals surface area contributed by atoms with Crippen LogP contribution in [0.1, 0.15) is 32.4 Å². The Labute approximate surface area is 123 Å². The molecule has 0 radical (unpaired) electrons. The van der Waals surface area contributed by atoms with Crippen molar-refractivity contribution in [1.82, 2.24) is 10.3 Å². The second-order valence-corrected chi connectivity index (χ2v) is 6.71. The molecule has 0 aromatic carbocycles. The average Bonchev–Trinajstić information content (AvgIpc) is 2.80. The second-order valence-electron chi connectivity index (χ2n) is 4.51. The zero-order valence-electron chi connectivity index (χ0n) is 12.0. The number of aromatic nitrogens is 1. The number of nitrogens with one attached hydrogen (secondary N) is 1. The molecule has 1 N–H and O–H groups in total. The van der Waals surface area contributed by atoms with Crippen LogP contribution in [0.25, 0.3) is 0 Å². The summed E-state index contributed by atoms with van der Waals surface area (Å²) in [6.45, 7) is 6.14. The van der Waals surface area contributed by atoms with Gasteiger partial charge in [-0.15, -0.1) is 11.3 Å².